The average molecular weight is 411 g/mol. The SMILES string of the molecule is CNC(Cc1ccc(I)cc1)C1CCC(C(F)(F)F)CC1. The lowest BCUT2D eigenvalue weighted by atomic mass is 9.77. The van der Waals surface area contributed by atoms with E-state index in [1.165, 1.54) is 9.13 Å². The van der Waals surface area contributed by atoms with E-state index in [4.69, 9.17) is 0 Å². The van der Waals surface area contributed by atoms with E-state index in [0.29, 0.717) is 18.8 Å². The molecule has 0 aromatic heterocycles. The van der Waals surface area contributed by atoms with Crippen molar-refractivity contribution in [3.05, 3.63) is 33.4 Å². The first-order valence-electron chi connectivity index (χ1n) is 7.38. The van der Waals surface area contributed by atoms with Gasteiger partial charge in [0.15, 0.2) is 0 Å². The van der Waals surface area contributed by atoms with Crippen molar-refractivity contribution in [3.63, 3.8) is 0 Å². The van der Waals surface area contributed by atoms with Crippen LogP contribution in [0.4, 0.5) is 13.2 Å². The van der Waals surface area contributed by atoms with Crippen molar-refractivity contribution in [2.75, 3.05) is 7.05 Å². The Bertz CT molecular complexity index is 436. The van der Waals surface area contributed by atoms with Crippen LogP contribution in [-0.2, 0) is 6.42 Å². The first-order chi connectivity index (χ1) is 9.90. The fourth-order valence-corrected chi connectivity index (χ4v) is 3.59. The molecule has 1 aromatic carbocycles. The van der Waals surface area contributed by atoms with Gasteiger partial charge < -0.3 is 5.32 Å². The van der Waals surface area contributed by atoms with Crippen LogP contribution < -0.4 is 5.32 Å². The maximum absolute atomic E-state index is 12.7. The molecule has 1 aromatic rings. The Labute approximate surface area is 137 Å². The highest BCUT2D eigenvalue weighted by molar-refractivity contribution is 14.1. The van der Waals surface area contributed by atoms with Crippen LogP contribution in [-0.4, -0.2) is 19.3 Å². The van der Waals surface area contributed by atoms with Gasteiger partial charge in [0, 0.05) is 9.61 Å². The zero-order chi connectivity index (χ0) is 15.5. The first kappa shape index (κ1) is 17.1. The number of rotatable bonds is 4. The summed E-state index contributed by atoms with van der Waals surface area (Å²) in [6, 6.07) is 8.62. The molecule has 2 rings (SSSR count). The largest absolute Gasteiger partial charge is 0.391 e. The van der Waals surface area contributed by atoms with E-state index in [2.05, 4.69) is 52.2 Å². The van der Waals surface area contributed by atoms with Crippen LogP contribution >= 0.6 is 22.6 Å². The molecule has 0 radical (unpaired) electrons. The lowest BCUT2D eigenvalue weighted by molar-refractivity contribution is -0.184. The molecule has 5 heteroatoms. The molecule has 0 amide bonds. The Morgan fingerprint density at radius 3 is 2.19 bits per heavy atom. The topological polar surface area (TPSA) is 12.0 Å². The predicted molar refractivity (Wildman–Crippen MR) is 87.2 cm³/mol. The van der Waals surface area contributed by atoms with Crippen LogP contribution in [0.2, 0.25) is 0 Å². The summed E-state index contributed by atoms with van der Waals surface area (Å²) in [5, 5.41) is 3.31. The lowest BCUT2D eigenvalue weighted by Crippen LogP contribution is -2.39. The van der Waals surface area contributed by atoms with Crippen LogP contribution in [0.5, 0.6) is 0 Å². The molecule has 1 unspecified atom stereocenters. The number of alkyl halides is 3. The fourth-order valence-electron chi connectivity index (χ4n) is 3.23. The van der Waals surface area contributed by atoms with Crippen molar-refractivity contribution in [1.82, 2.24) is 5.32 Å². The molecule has 0 aliphatic heterocycles. The Morgan fingerprint density at radius 1 is 1.14 bits per heavy atom. The first-order valence-corrected chi connectivity index (χ1v) is 8.46. The zero-order valence-electron chi connectivity index (χ0n) is 12.1. The molecule has 0 heterocycles. The number of nitrogens with one attached hydrogen (secondary N) is 1. The second-order valence-electron chi connectivity index (χ2n) is 5.88. The second kappa shape index (κ2) is 7.31. The van der Waals surface area contributed by atoms with Crippen LogP contribution in [0.3, 0.4) is 0 Å². The molecule has 0 spiro atoms. The molecule has 1 saturated carbocycles. The summed E-state index contributed by atoms with van der Waals surface area (Å²) in [5.41, 5.74) is 1.24. The molecule has 0 bridgehead atoms. The van der Waals surface area contributed by atoms with E-state index < -0.39 is 12.1 Å². The molecule has 1 fully saturated rings. The monoisotopic (exact) mass is 411 g/mol. The molecule has 118 valence electrons. The van der Waals surface area contributed by atoms with E-state index in [-0.39, 0.29) is 18.9 Å². The van der Waals surface area contributed by atoms with Crippen LogP contribution in [0.1, 0.15) is 31.2 Å². The van der Waals surface area contributed by atoms with E-state index in [1.807, 2.05) is 7.05 Å². The van der Waals surface area contributed by atoms with Crippen LogP contribution in [0.25, 0.3) is 0 Å². The summed E-state index contributed by atoms with van der Waals surface area (Å²) in [7, 11) is 1.91. The van der Waals surface area contributed by atoms with Gasteiger partial charge in [-0.1, -0.05) is 12.1 Å². The highest BCUT2D eigenvalue weighted by atomic mass is 127. The molecule has 1 aliphatic carbocycles. The van der Waals surface area contributed by atoms with E-state index >= 15 is 0 Å². The third kappa shape index (κ3) is 4.84. The van der Waals surface area contributed by atoms with Gasteiger partial charge in [0.2, 0.25) is 0 Å². The Kier molecular flexibility index (Phi) is 5.94. The fraction of sp³-hybridized carbons (Fsp3) is 0.625. The molecular weight excluding hydrogens is 390 g/mol. The zero-order valence-corrected chi connectivity index (χ0v) is 14.2. The van der Waals surface area contributed by atoms with Crippen LogP contribution in [0, 0.1) is 15.4 Å². The van der Waals surface area contributed by atoms with Crippen molar-refractivity contribution in [2.24, 2.45) is 11.8 Å². The summed E-state index contributed by atoms with van der Waals surface area (Å²) < 4.78 is 39.4. The number of halogens is 4. The summed E-state index contributed by atoms with van der Waals surface area (Å²) in [4.78, 5) is 0. The molecule has 1 atom stereocenters. The highest BCUT2D eigenvalue weighted by Crippen LogP contribution is 2.40. The van der Waals surface area contributed by atoms with Crippen LogP contribution in [0.15, 0.2) is 24.3 Å². The van der Waals surface area contributed by atoms with Gasteiger partial charge in [-0.15, -0.1) is 0 Å². The number of hydrogen-bond donors (Lipinski definition) is 1. The molecule has 1 nitrogen and oxygen atoms in total. The average Bonchev–Trinajstić information content (AvgIpc) is 2.46. The smallest absolute Gasteiger partial charge is 0.316 e. The third-order valence-electron chi connectivity index (χ3n) is 4.54. The van der Waals surface area contributed by atoms with Crippen molar-refractivity contribution in [1.29, 1.82) is 0 Å². The van der Waals surface area contributed by atoms with Gasteiger partial charge in [-0.2, -0.15) is 13.2 Å². The van der Waals surface area contributed by atoms with E-state index in [1.54, 1.807) is 0 Å². The third-order valence-corrected chi connectivity index (χ3v) is 5.26. The molecule has 1 aliphatic rings. The number of benzene rings is 1. The molecular formula is C16H21F3IN. The van der Waals surface area contributed by atoms with Crippen molar-refractivity contribution >= 4 is 22.6 Å². The predicted octanol–water partition coefficient (Wildman–Crippen LogP) is 4.79. The second-order valence-corrected chi connectivity index (χ2v) is 7.12. The summed E-state index contributed by atoms with van der Waals surface area (Å²) >= 11 is 2.27. The highest BCUT2D eigenvalue weighted by Gasteiger charge is 2.42. The normalized spacial score (nSPS) is 24.8. The quantitative estimate of drug-likeness (QED) is 0.703. The molecule has 0 saturated heterocycles. The number of hydrogen-bond acceptors (Lipinski definition) is 1. The van der Waals surface area contributed by atoms with Gasteiger partial charge in [0.1, 0.15) is 0 Å². The molecule has 1 N–H and O–H groups in total. The van der Waals surface area contributed by atoms with Gasteiger partial charge in [-0.3, -0.25) is 0 Å². The lowest BCUT2D eigenvalue weighted by Gasteiger charge is -2.34. The minimum Gasteiger partial charge on any atom is -0.316 e. The van der Waals surface area contributed by atoms with Gasteiger partial charge >= 0.3 is 6.18 Å². The van der Waals surface area contributed by atoms with Gasteiger partial charge in [0.05, 0.1) is 5.92 Å². The van der Waals surface area contributed by atoms with E-state index in [9.17, 15) is 13.2 Å². The van der Waals surface area contributed by atoms with Crippen molar-refractivity contribution in [2.45, 2.75) is 44.3 Å². The van der Waals surface area contributed by atoms with E-state index in [0.717, 1.165) is 6.42 Å². The minimum atomic E-state index is -4.02. The maximum atomic E-state index is 12.7. The molecule has 21 heavy (non-hydrogen) atoms. The maximum Gasteiger partial charge on any atom is 0.391 e. The Morgan fingerprint density at radius 2 is 1.71 bits per heavy atom. The standard InChI is InChI=1S/C16H21F3IN/c1-21-15(10-11-2-8-14(20)9-3-11)12-4-6-13(7-5-12)16(17,18)19/h2-3,8-9,12-13,15,21H,4-7,10H2,1H3. The Hall–Kier alpha value is -0.300. The van der Waals surface area contributed by atoms with Gasteiger partial charge in [-0.05, 0) is 85.4 Å². The summed E-state index contributed by atoms with van der Waals surface area (Å²) in [6.45, 7) is 0. The van der Waals surface area contributed by atoms with Gasteiger partial charge in [0.25, 0.3) is 0 Å². The summed E-state index contributed by atoms with van der Waals surface area (Å²) in [6.07, 6.45) is -1.25. The summed E-state index contributed by atoms with van der Waals surface area (Å²) in [5.74, 6) is -0.752. The Balaban J connectivity index is 1.92. The number of likely N-dealkylation sites (N-methyl/N-ethyl adjacent to an activating group) is 1. The van der Waals surface area contributed by atoms with Gasteiger partial charge in [-0.25, -0.2) is 0 Å². The van der Waals surface area contributed by atoms with Crippen molar-refractivity contribution < 1.29 is 13.2 Å². The van der Waals surface area contributed by atoms with Crippen molar-refractivity contribution in [3.8, 4) is 0 Å². The minimum absolute atomic E-state index is 0.263.